The Morgan fingerprint density at radius 1 is 0.667 bits per heavy atom. The molecule has 0 aliphatic carbocycles. The van der Waals surface area contributed by atoms with Crippen molar-refractivity contribution in [3.63, 3.8) is 0 Å². The van der Waals surface area contributed by atoms with Crippen LogP contribution in [0.1, 0.15) is 33.4 Å². The van der Waals surface area contributed by atoms with Gasteiger partial charge in [0.1, 0.15) is 0 Å². The van der Waals surface area contributed by atoms with E-state index in [9.17, 15) is 0 Å². The highest BCUT2D eigenvalue weighted by molar-refractivity contribution is 5.91. The number of nitrogens with zero attached hydrogens (tertiary/aromatic N) is 3. The minimum absolute atomic E-state index is 1.02. The lowest BCUT2D eigenvalue weighted by Crippen LogP contribution is -2.43. The van der Waals surface area contributed by atoms with Crippen molar-refractivity contribution in [1.29, 1.82) is 0 Å². The zero-order valence-corrected chi connectivity index (χ0v) is 23.3. The molecule has 0 amide bonds. The van der Waals surface area contributed by atoms with Gasteiger partial charge >= 0.3 is 0 Å². The smallest absolute Gasteiger partial charge is 0.214 e. The molecule has 2 aromatic heterocycles. The van der Waals surface area contributed by atoms with E-state index >= 15 is 0 Å². The summed E-state index contributed by atoms with van der Waals surface area (Å²) >= 11 is 0. The van der Waals surface area contributed by atoms with Gasteiger partial charge in [0.15, 0.2) is 25.5 Å². The molecule has 4 heterocycles. The highest BCUT2D eigenvalue weighted by Gasteiger charge is 2.36. The molecular formula is C36H35N3+2. The number of hydrogen-bond acceptors (Lipinski definition) is 1. The van der Waals surface area contributed by atoms with Gasteiger partial charge in [0.25, 0.3) is 0 Å². The fraction of sp³-hybridized carbons (Fsp3) is 0.222. The van der Waals surface area contributed by atoms with Crippen LogP contribution < -0.4 is 14.0 Å². The summed E-state index contributed by atoms with van der Waals surface area (Å²) in [6.07, 6.45) is 11.3. The second-order valence-corrected chi connectivity index (χ2v) is 11.3. The molecule has 0 fully saturated rings. The van der Waals surface area contributed by atoms with Crippen molar-refractivity contribution < 1.29 is 9.13 Å². The van der Waals surface area contributed by atoms with Gasteiger partial charge in [0.05, 0.1) is 11.1 Å². The van der Waals surface area contributed by atoms with Crippen LogP contribution in [-0.4, -0.2) is 14.1 Å². The molecule has 0 spiro atoms. The Balaban J connectivity index is 1.39. The number of aromatic nitrogens is 2. The summed E-state index contributed by atoms with van der Waals surface area (Å²) < 4.78 is 4.94. The maximum atomic E-state index is 2.49. The highest BCUT2D eigenvalue weighted by Crippen LogP contribution is 2.43. The Hall–Kier alpha value is -4.24. The average Bonchev–Trinajstić information content (AvgIpc) is 2.97. The Labute approximate surface area is 231 Å². The van der Waals surface area contributed by atoms with Gasteiger partial charge in [-0.25, -0.2) is 0 Å². The van der Waals surface area contributed by atoms with Crippen molar-refractivity contribution in [3.8, 4) is 22.5 Å². The molecule has 7 rings (SSSR count). The van der Waals surface area contributed by atoms with E-state index in [-0.39, 0.29) is 0 Å². The number of benzene rings is 3. The SMILES string of the molecule is Cc1c(C)c2c(c3c1CC[n+]1ccc(/C=C/c4ccc(N(C)C)cc4)cc1-3)-c1cc3ccccc3c[n+]1CC2. The molecule has 39 heavy (non-hydrogen) atoms. The molecule has 192 valence electrons. The van der Waals surface area contributed by atoms with Gasteiger partial charge in [-0.05, 0) is 70.8 Å². The molecule has 5 aromatic rings. The lowest BCUT2D eigenvalue weighted by Gasteiger charge is -2.27. The number of rotatable bonds is 3. The van der Waals surface area contributed by atoms with Crippen LogP contribution in [0.25, 0.3) is 45.4 Å². The normalized spacial score (nSPS) is 13.6. The summed E-state index contributed by atoms with van der Waals surface area (Å²) in [4.78, 5) is 2.13. The topological polar surface area (TPSA) is 11.0 Å². The molecule has 0 atom stereocenters. The largest absolute Gasteiger partial charge is 0.378 e. The third-order valence-corrected chi connectivity index (χ3v) is 8.87. The molecule has 0 radical (unpaired) electrons. The summed E-state index contributed by atoms with van der Waals surface area (Å²) in [6.45, 7) is 6.74. The van der Waals surface area contributed by atoms with Gasteiger partial charge in [-0.1, -0.05) is 42.5 Å². The van der Waals surface area contributed by atoms with Crippen LogP contribution >= 0.6 is 0 Å². The molecule has 3 aromatic carbocycles. The number of pyridine rings is 2. The van der Waals surface area contributed by atoms with Gasteiger partial charge in [-0.15, -0.1) is 0 Å². The standard InChI is InChI=1S/C36H35N3/c1-24-25(2)32-17-20-39-23-29-8-6-5-7-28(29)22-34(39)36(32)35-31(24)16-19-38-18-15-27(21-33(35)38)10-9-26-11-13-30(14-12-26)37(3)4/h5-15,18,21-23H,16-17,19-20H2,1-4H3/q+2. The van der Waals surface area contributed by atoms with Crippen molar-refractivity contribution >= 4 is 28.6 Å². The maximum absolute atomic E-state index is 2.49. The van der Waals surface area contributed by atoms with Crippen molar-refractivity contribution in [2.45, 2.75) is 39.8 Å². The molecular weight excluding hydrogens is 474 g/mol. The first-order chi connectivity index (χ1) is 19.0. The summed E-state index contributed by atoms with van der Waals surface area (Å²) in [5, 5.41) is 2.62. The van der Waals surface area contributed by atoms with Crippen LogP contribution in [0, 0.1) is 13.8 Å². The Morgan fingerprint density at radius 3 is 1.97 bits per heavy atom. The maximum Gasteiger partial charge on any atom is 0.214 e. The van der Waals surface area contributed by atoms with E-state index in [4.69, 9.17) is 0 Å². The molecule has 0 unspecified atom stereocenters. The molecule has 0 N–H and O–H groups in total. The van der Waals surface area contributed by atoms with Gasteiger partial charge in [-0.3, -0.25) is 0 Å². The number of aryl methyl sites for hydroxylation is 2. The van der Waals surface area contributed by atoms with Crippen LogP contribution in [0.5, 0.6) is 0 Å². The molecule has 3 nitrogen and oxygen atoms in total. The van der Waals surface area contributed by atoms with E-state index in [1.165, 1.54) is 72.4 Å². The van der Waals surface area contributed by atoms with Crippen LogP contribution in [0.4, 0.5) is 5.69 Å². The van der Waals surface area contributed by atoms with Gasteiger partial charge in [0.2, 0.25) is 11.4 Å². The Morgan fingerprint density at radius 2 is 1.28 bits per heavy atom. The molecule has 2 aliphatic heterocycles. The second kappa shape index (κ2) is 9.20. The number of fused-ring (bicyclic) bond motifs is 8. The zero-order chi connectivity index (χ0) is 26.7. The summed E-state index contributed by atoms with van der Waals surface area (Å²) in [5.74, 6) is 0. The zero-order valence-electron chi connectivity index (χ0n) is 23.3. The highest BCUT2D eigenvalue weighted by atomic mass is 15.1. The van der Waals surface area contributed by atoms with Crippen molar-refractivity contribution in [2.75, 3.05) is 19.0 Å². The monoisotopic (exact) mass is 509 g/mol. The van der Waals surface area contributed by atoms with Crippen LogP contribution in [0.15, 0.2) is 79.1 Å². The fourth-order valence-corrected chi connectivity index (χ4v) is 6.55. The summed E-state index contributed by atoms with van der Waals surface area (Å²) in [5.41, 5.74) is 15.2. The van der Waals surface area contributed by atoms with Crippen LogP contribution in [0.3, 0.4) is 0 Å². The Kier molecular flexibility index (Phi) is 5.62. The lowest BCUT2D eigenvalue weighted by molar-refractivity contribution is -0.689. The molecule has 0 bridgehead atoms. The van der Waals surface area contributed by atoms with E-state index in [0.717, 1.165) is 25.9 Å². The molecule has 0 saturated heterocycles. The van der Waals surface area contributed by atoms with E-state index in [1.807, 2.05) is 0 Å². The first-order valence-electron chi connectivity index (χ1n) is 14.0. The predicted octanol–water partition coefficient (Wildman–Crippen LogP) is 6.71. The first kappa shape index (κ1) is 23.8. The van der Waals surface area contributed by atoms with Gasteiger partial charge in [-0.2, -0.15) is 9.13 Å². The minimum Gasteiger partial charge on any atom is -0.378 e. The third kappa shape index (κ3) is 3.96. The summed E-state index contributed by atoms with van der Waals surface area (Å²) in [7, 11) is 4.16. The first-order valence-corrected chi connectivity index (χ1v) is 14.0. The van der Waals surface area contributed by atoms with E-state index in [1.54, 1.807) is 0 Å². The van der Waals surface area contributed by atoms with Crippen molar-refractivity contribution in [1.82, 2.24) is 0 Å². The minimum atomic E-state index is 1.02. The van der Waals surface area contributed by atoms with Gasteiger partial charge < -0.3 is 4.90 Å². The fourth-order valence-electron chi connectivity index (χ4n) is 6.55. The number of hydrogen-bond donors (Lipinski definition) is 0. The van der Waals surface area contributed by atoms with Gasteiger partial charge in [0, 0.05) is 56.2 Å². The quantitative estimate of drug-likeness (QED) is 0.246. The number of anilines is 1. The lowest BCUT2D eigenvalue weighted by atomic mass is 9.79. The second-order valence-electron chi connectivity index (χ2n) is 11.3. The Bertz CT molecular complexity index is 1790. The van der Waals surface area contributed by atoms with Crippen LogP contribution in [-0.2, 0) is 25.9 Å². The van der Waals surface area contributed by atoms with Crippen molar-refractivity contribution in [2.24, 2.45) is 0 Å². The predicted molar refractivity (Wildman–Crippen MR) is 162 cm³/mol. The average molecular weight is 510 g/mol. The van der Waals surface area contributed by atoms with Crippen molar-refractivity contribution in [3.05, 3.63) is 113 Å². The molecule has 3 heteroatoms. The molecule has 0 saturated carbocycles. The summed E-state index contributed by atoms with van der Waals surface area (Å²) in [6, 6.07) is 24.6. The third-order valence-electron chi connectivity index (χ3n) is 8.87. The van der Waals surface area contributed by atoms with E-state index < -0.39 is 0 Å². The van der Waals surface area contributed by atoms with E-state index in [2.05, 4.69) is 133 Å². The van der Waals surface area contributed by atoms with E-state index in [0.29, 0.717) is 0 Å². The van der Waals surface area contributed by atoms with Crippen LogP contribution in [0.2, 0.25) is 0 Å². The molecule has 2 aliphatic rings.